The molecule has 0 aliphatic carbocycles. The molecule has 0 bridgehead atoms. The van der Waals surface area contributed by atoms with Gasteiger partial charge in [0.2, 0.25) is 5.91 Å². The van der Waals surface area contributed by atoms with Gasteiger partial charge in [-0.3, -0.25) is 10.1 Å². The number of hydrogen-bond acceptors (Lipinski definition) is 3. The van der Waals surface area contributed by atoms with Crippen LogP contribution in [0, 0.1) is 0 Å². The Morgan fingerprint density at radius 1 is 1.16 bits per heavy atom. The molecule has 0 fully saturated rings. The number of carbonyl (C=O) groups is 2. The maximum absolute atomic E-state index is 11.2. The van der Waals surface area contributed by atoms with Gasteiger partial charge in [0.05, 0.1) is 12.1 Å². The molecule has 1 aliphatic heterocycles. The summed E-state index contributed by atoms with van der Waals surface area (Å²) in [6.45, 7) is 0. The van der Waals surface area contributed by atoms with Crippen LogP contribution in [0.5, 0.6) is 0 Å². The van der Waals surface area contributed by atoms with Gasteiger partial charge in [-0.05, 0) is 23.8 Å². The predicted octanol–water partition coefficient (Wildman–Crippen LogP) is 1.85. The van der Waals surface area contributed by atoms with Crippen LogP contribution in [0.2, 0.25) is 0 Å². The molecule has 0 radical (unpaired) electrons. The van der Waals surface area contributed by atoms with Gasteiger partial charge < -0.3 is 4.90 Å². The van der Waals surface area contributed by atoms with E-state index in [0.717, 1.165) is 11.3 Å². The van der Waals surface area contributed by atoms with Gasteiger partial charge in [0.25, 0.3) is 0 Å². The number of aliphatic imine (C=N–C) groups is 1. The third-order valence-corrected chi connectivity index (χ3v) is 2.71. The number of carbonyl (C=O) groups excluding carboxylic acids is 2. The lowest BCUT2D eigenvalue weighted by atomic mass is 10.1. The first-order valence-electron chi connectivity index (χ1n) is 5.91. The Balaban J connectivity index is 2.10. The van der Waals surface area contributed by atoms with E-state index in [4.69, 9.17) is 0 Å². The molecule has 1 aliphatic rings. The van der Waals surface area contributed by atoms with Crippen LogP contribution in [0.15, 0.2) is 35.3 Å². The number of benzene rings is 1. The average Bonchev–Trinajstić information content (AvgIpc) is 2.36. The van der Waals surface area contributed by atoms with Crippen LogP contribution in [-0.2, 0) is 4.79 Å². The van der Waals surface area contributed by atoms with Gasteiger partial charge in [0.15, 0.2) is 0 Å². The Morgan fingerprint density at radius 2 is 1.84 bits per heavy atom. The number of rotatable bonds is 3. The SMILES string of the molecule is CN(C)c1ccc(/C=C/C2=NC(=O)NC(=O)C2)cc1. The Hall–Kier alpha value is -2.43. The zero-order chi connectivity index (χ0) is 13.8. The summed E-state index contributed by atoms with van der Waals surface area (Å²) in [7, 11) is 3.96. The predicted molar refractivity (Wildman–Crippen MR) is 75.4 cm³/mol. The molecule has 0 atom stereocenters. The molecular weight excluding hydrogens is 242 g/mol. The van der Waals surface area contributed by atoms with Crippen LogP contribution in [0.25, 0.3) is 6.08 Å². The number of imide groups is 1. The molecule has 0 saturated carbocycles. The maximum atomic E-state index is 11.2. The van der Waals surface area contributed by atoms with Gasteiger partial charge in [-0.2, -0.15) is 4.99 Å². The van der Waals surface area contributed by atoms with Crippen molar-refractivity contribution in [2.24, 2.45) is 4.99 Å². The lowest BCUT2D eigenvalue weighted by Crippen LogP contribution is -2.34. The minimum Gasteiger partial charge on any atom is -0.378 e. The fourth-order valence-corrected chi connectivity index (χ4v) is 1.70. The first-order valence-corrected chi connectivity index (χ1v) is 5.91. The van der Waals surface area contributed by atoms with E-state index in [1.807, 2.05) is 49.3 Å². The molecule has 0 spiro atoms. The molecule has 1 aromatic carbocycles. The summed E-state index contributed by atoms with van der Waals surface area (Å²) >= 11 is 0. The van der Waals surface area contributed by atoms with E-state index >= 15 is 0 Å². The van der Waals surface area contributed by atoms with Gasteiger partial charge in [-0.1, -0.05) is 18.2 Å². The van der Waals surface area contributed by atoms with Gasteiger partial charge in [0.1, 0.15) is 0 Å². The topological polar surface area (TPSA) is 61.8 Å². The summed E-state index contributed by atoms with van der Waals surface area (Å²) in [6, 6.07) is 7.34. The zero-order valence-corrected chi connectivity index (χ0v) is 10.9. The highest BCUT2D eigenvalue weighted by Gasteiger charge is 2.15. The molecule has 98 valence electrons. The van der Waals surface area contributed by atoms with Crippen molar-refractivity contribution in [1.29, 1.82) is 0 Å². The van der Waals surface area contributed by atoms with Crippen molar-refractivity contribution < 1.29 is 9.59 Å². The Kier molecular flexibility index (Phi) is 3.75. The third kappa shape index (κ3) is 3.51. The van der Waals surface area contributed by atoms with Gasteiger partial charge in [-0.15, -0.1) is 0 Å². The molecule has 0 aromatic heterocycles. The second-order valence-corrected chi connectivity index (χ2v) is 4.45. The summed E-state index contributed by atoms with van der Waals surface area (Å²) in [6.07, 6.45) is 3.67. The molecule has 19 heavy (non-hydrogen) atoms. The Labute approximate surface area is 111 Å². The Bertz CT molecular complexity index is 557. The molecule has 1 N–H and O–H groups in total. The van der Waals surface area contributed by atoms with Crippen LogP contribution in [-0.4, -0.2) is 31.7 Å². The first kappa shape index (κ1) is 13.0. The molecule has 3 amide bonds. The van der Waals surface area contributed by atoms with Gasteiger partial charge in [0, 0.05) is 19.8 Å². The highest BCUT2D eigenvalue weighted by atomic mass is 16.2. The number of nitrogens with one attached hydrogen (secondary N) is 1. The minimum absolute atomic E-state index is 0.137. The van der Waals surface area contributed by atoms with Crippen LogP contribution in [0.3, 0.4) is 0 Å². The number of amides is 3. The van der Waals surface area contributed by atoms with Crippen molar-refractivity contribution in [2.45, 2.75) is 6.42 Å². The fraction of sp³-hybridized carbons (Fsp3) is 0.214. The average molecular weight is 257 g/mol. The number of anilines is 1. The summed E-state index contributed by atoms with van der Waals surface area (Å²) in [5.41, 5.74) is 2.58. The first-order chi connectivity index (χ1) is 9.04. The van der Waals surface area contributed by atoms with Crippen LogP contribution in [0.1, 0.15) is 12.0 Å². The van der Waals surface area contributed by atoms with Crippen molar-refractivity contribution in [3.05, 3.63) is 35.9 Å². The number of hydrogen-bond donors (Lipinski definition) is 1. The van der Waals surface area contributed by atoms with E-state index < -0.39 is 6.03 Å². The highest BCUT2D eigenvalue weighted by molar-refractivity contribution is 6.18. The minimum atomic E-state index is -0.598. The van der Waals surface area contributed by atoms with Crippen molar-refractivity contribution in [2.75, 3.05) is 19.0 Å². The summed E-state index contributed by atoms with van der Waals surface area (Å²) in [4.78, 5) is 28.0. The largest absolute Gasteiger partial charge is 0.378 e. The van der Waals surface area contributed by atoms with Crippen LogP contribution >= 0.6 is 0 Å². The third-order valence-electron chi connectivity index (χ3n) is 2.71. The van der Waals surface area contributed by atoms with Crippen molar-refractivity contribution in [1.82, 2.24) is 5.32 Å². The van der Waals surface area contributed by atoms with E-state index in [1.165, 1.54) is 0 Å². The lowest BCUT2D eigenvalue weighted by molar-refractivity contribution is -0.118. The van der Waals surface area contributed by atoms with E-state index in [9.17, 15) is 9.59 Å². The molecule has 2 rings (SSSR count). The zero-order valence-electron chi connectivity index (χ0n) is 10.9. The molecule has 1 heterocycles. The van der Waals surface area contributed by atoms with Crippen LogP contribution in [0.4, 0.5) is 10.5 Å². The standard InChI is InChI=1S/C14H15N3O2/c1-17(2)12-7-4-10(5-8-12)3-6-11-9-13(18)16-14(19)15-11/h3-8H,9H2,1-2H3,(H,16,18,19)/b6-3+. The fourth-order valence-electron chi connectivity index (χ4n) is 1.70. The Morgan fingerprint density at radius 3 is 2.42 bits per heavy atom. The van der Waals surface area contributed by atoms with Gasteiger partial charge >= 0.3 is 6.03 Å². The van der Waals surface area contributed by atoms with E-state index in [0.29, 0.717) is 5.71 Å². The number of allylic oxidation sites excluding steroid dienone is 1. The lowest BCUT2D eigenvalue weighted by Gasteiger charge is -2.12. The van der Waals surface area contributed by atoms with E-state index in [-0.39, 0.29) is 12.3 Å². The summed E-state index contributed by atoms with van der Waals surface area (Å²) < 4.78 is 0. The molecule has 5 nitrogen and oxygen atoms in total. The molecule has 0 saturated heterocycles. The number of nitrogens with zero attached hydrogens (tertiary/aromatic N) is 2. The second kappa shape index (κ2) is 5.48. The van der Waals surface area contributed by atoms with Crippen molar-refractivity contribution in [3.63, 3.8) is 0 Å². The number of urea groups is 1. The highest BCUT2D eigenvalue weighted by Crippen LogP contribution is 2.13. The smallest absolute Gasteiger partial charge is 0.347 e. The normalized spacial score (nSPS) is 15.4. The maximum Gasteiger partial charge on any atom is 0.347 e. The van der Waals surface area contributed by atoms with E-state index in [1.54, 1.807) is 6.08 Å². The van der Waals surface area contributed by atoms with Crippen molar-refractivity contribution in [3.8, 4) is 0 Å². The molecule has 0 unspecified atom stereocenters. The van der Waals surface area contributed by atoms with Crippen LogP contribution < -0.4 is 10.2 Å². The quantitative estimate of drug-likeness (QED) is 0.898. The summed E-state index contributed by atoms with van der Waals surface area (Å²) in [5, 5.41) is 2.12. The molecular formula is C14H15N3O2. The van der Waals surface area contributed by atoms with E-state index in [2.05, 4.69) is 10.3 Å². The van der Waals surface area contributed by atoms with Gasteiger partial charge in [-0.25, -0.2) is 4.79 Å². The van der Waals surface area contributed by atoms with Crippen molar-refractivity contribution >= 4 is 29.4 Å². The summed E-state index contributed by atoms with van der Waals surface area (Å²) in [5.74, 6) is -0.317. The second-order valence-electron chi connectivity index (χ2n) is 4.45. The molecule has 1 aromatic rings. The molecule has 5 heteroatoms. The monoisotopic (exact) mass is 257 g/mol.